The quantitative estimate of drug-likeness (QED) is 0.806. The summed E-state index contributed by atoms with van der Waals surface area (Å²) >= 11 is 12.0. The fourth-order valence-corrected chi connectivity index (χ4v) is 3.32. The predicted molar refractivity (Wildman–Crippen MR) is 91.2 cm³/mol. The van der Waals surface area contributed by atoms with E-state index in [4.69, 9.17) is 23.2 Å². The number of nitrogens with zero attached hydrogens (tertiary/aromatic N) is 1. The molecule has 0 aliphatic heterocycles. The van der Waals surface area contributed by atoms with E-state index in [1.54, 1.807) is 12.1 Å². The summed E-state index contributed by atoms with van der Waals surface area (Å²) in [4.78, 5) is 11.6. The van der Waals surface area contributed by atoms with Gasteiger partial charge in [-0.1, -0.05) is 23.2 Å². The maximum absolute atomic E-state index is 12.0. The predicted octanol–water partition coefficient (Wildman–Crippen LogP) is 3.06. The molecule has 1 aromatic carbocycles. The Balaban J connectivity index is 2.84. The minimum Gasteiger partial charge on any atom is -0.354 e. The molecule has 0 aliphatic carbocycles. The van der Waals surface area contributed by atoms with Crippen molar-refractivity contribution in [3.8, 4) is 0 Å². The molecule has 0 radical (unpaired) electrons. The van der Waals surface area contributed by atoms with Gasteiger partial charge in [-0.2, -0.15) is 0 Å². The topological polar surface area (TPSA) is 66.5 Å². The second kappa shape index (κ2) is 8.04. The Kier molecular flexibility index (Phi) is 6.97. The standard InChI is InChI=1S/C14H20Cl2N2O3S/c1-10(2)17-14(19)5-4-8-18(22(3,20)21)13-9-11(15)6-7-12(13)16/h6-7,9-10H,4-5,8H2,1-3H3,(H,17,19). The first-order valence-corrected chi connectivity index (χ1v) is 9.44. The number of carbonyl (C=O) groups excluding carboxylic acids is 1. The molecule has 1 aromatic rings. The van der Waals surface area contributed by atoms with Gasteiger partial charge in [0.2, 0.25) is 15.9 Å². The van der Waals surface area contributed by atoms with E-state index in [1.807, 2.05) is 13.8 Å². The Morgan fingerprint density at radius 2 is 1.95 bits per heavy atom. The lowest BCUT2D eigenvalue weighted by atomic mass is 10.2. The SMILES string of the molecule is CC(C)NC(=O)CCCN(c1cc(Cl)ccc1Cl)S(C)(=O)=O. The Morgan fingerprint density at radius 3 is 2.50 bits per heavy atom. The number of anilines is 1. The second-order valence-corrected chi connectivity index (χ2v) is 8.01. The molecule has 8 heteroatoms. The Hall–Kier alpha value is -0.980. The molecule has 0 unspecified atom stereocenters. The highest BCUT2D eigenvalue weighted by molar-refractivity contribution is 7.92. The zero-order valence-electron chi connectivity index (χ0n) is 12.8. The highest BCUT2D eigenvalue weighted by atomic mass is 35.5. The highest BCUT2D eigenvalue weighted by Crippen LogP contribution is 2.30. The highest BCUT2D eigenvalue weighted by Gasteiger charge is 2.20. The number of nitrogens with one attached hydrogen (secondary N) is 1. The van der Waals surface area contributed by atoms with Gasteiger partial charge in [-0.25, -0.2) is 8.42 Å². The summed E-state index contributed by atoms with van der Waals surface area (Å²) in [5, 5.41) is 3.45. The molecule has 1 N–H and O–H groups in total. The van der Waals surface area contributed by atoms with Gasteiger partial charge < -0.3 is 5.32 Å². The van der Waals surface area contributed by atoms with Crippen molar-refractivity contribution < 1.29 is 13.2 Å². The van der Waals surface area contributed by atoms with Crippen molar-refractivity contribution in [1.82, 2.24) is 5.32 Å². The van der Waals surface area contributed by atoms with Gasteiger partial charge in [0, 0.05) is 24.0 Å². The van der Waals surface area contributed by atoms with Crippen LogP contribution in [0.25, 0.3) is 0 Å². The molecule has 0 fully saturated rings. The van der Waals surface area contributed by atoms with Crippen molar-refractivity contribution in [2.45, 2.75) is 32.7 Å². The van der Waals surface area contributed by atoms with Crippen LogP contribution < -0.4 is 9.62 Å². The molecule has 124 valence electrons. The van der Waals surface area contributed by atoms with E-state index >= 15 is 0 Å². The van der Waals surface area contributed by atoms with Gasteiger partial charge in [-0.05, 0) is 38.5 Å². The first-order chi connectivity index (χ1) is 10.1. The number of sulfonamides is 1. The van der Waals surface area contributed by atoms with Crippen molar-refractivity contribution in [1.29, 1.82) is 0 Å². The van der Waals surface area contributed by atoms with Gasteiger partial charge in [-0.15, -0.1) is 0 Å². The fraction of sp³-hybridized carbons (Fsp3) is 0.500. The van der Waals surface area contributed by atoms with E-state index in [2.05, 4.69) is 5.32 Å². The van der Waals surface area contributed by atoms with Crippen LogP contribution in [-0.2, 0) is 14.8 Å². The minimum atomic E-state index is -3.52. The smallest absolute Gasteiger partial charge is 0.232 e. The van der Waals surface area contributed by atoms with Crippen molar-refractivity contribution >= 4 is 44.8 Å². The Labute approximate surface area is 141 Å². The molecule has 0 atom stereocenters. The summed E-state index contributed by atoms with van der Waals surface area (Å²) < 4.78 is 25.1. The van der Waals surface area contributed by atoms with E-state index in [1.165, 1.54) is 10.4 Å². The summed E-state index contributed by atoms with van der Waals surface area (Å²) in [5.41, 5.74) is 0.320. The maximum Gasteiger partial charge on any atom is 0.232 e. The molecule has 0 saturated heterocycles. The van der Waals surface area contributed by atoms with Gasteiger partial charge in [0.05, 0.1) is 17.0 Å². The van der Waals surface area contributed by atoms with Crippen molar-refractivity contribution in [2.24, 2.45) is 0 Å². The number of hydrogen-bond donors (Lipinski definition) is 1. The normalized spacial score (nSPS) is 11.5. The number of hydrogen-bond acceptors (Lipinski definition) is 3. The molecule has 1 amide bonds. The Morgan fingerprint density at radius 1 is 1.32 bits per heavy atom. The summed E-state index contributed by atoms with van der Waals surface area (Å²) in [6, 6.07) is 4.69. The van der Waals surface area contributed by atoms with E-state index in [-0.39, 0.29) is 24.9 Å². The van der Waals surface area contributed by atoms with E-state index in [9.17, 15) is 13.2 Å². The van der Waals surface area contributed by atoms with Crippen LogP contribution in [0, 0.1) is 0 Å². The van der Waals surface area contributed by atoms with Gasteiger partial charge in [0.25, 0.3) is 0 Å². The molecule has 0 heterocycles. The van der Waals surface area contributed by atoms with Crippen LogP contribution in [0.4, 0.5) is 5.69 Å². The first kappa shape index (κ1) is 19.1. The minimum absolute atomic E-state index is 0.0564. The summed E-state index contributed by atoms with van der Waals surface area (Å²) in [5.74, 6) is -0.111. The number of amides is 1. The molecule has 0 saturated carbocycles. The summed E-state index contributed by atoms with van der Waals surface area (Å²) in [7, 11) is -3.52. The van der Waals surface area contributed by atoms with Crippen molar-refractivity contribution in [3.05, 3.63) is 28.2 Å². The molecule has 0 spiro atoms. The molecule has 22 heavy (non-hydrogen) atoms. The molecule has 5 nitrogen and oxygen atoms in total. The van der Waals surface area contributed by atoms with Crippen LogP contribution in [0.1, 0.15) is 26.7 Å². The number of rotatable bonds is 7. The van der Waals surface area contributed by atoms with Crippen LogP contribution in [0.15, 0.2) is 18.2 Å². The van der Waals surface area contributed by atoms with Crippen molar-refractivity contribution in [2.75, 3.05) is 17.1 Å². The first-order valence-electron chi connectivity index (χ1n) is 6.83. The third-order valence-electron chi connectivity index (χ3n) is 2.79. The van der Waals surface area contributed by atoms with Crippen LogP contribution in [0.3, 0.4) is 0 Å². The van der Waals surface area contributed by atoms with Crippen LogP contribution in [0.5, 0.6) is 0 Å². The molecular weight excluding hydrogens is 347 g/mol. The zero-order valence-corrected chi connectivity index (χ0v) is 15.1. The second-order valence-electron chi connectivity index (χ2n) is 5.26. The molecule has 0 aliphatic rings. The number of carbonyl (C=O) groups is 1. The van der Waals surface area contributed by atoms with Gasteiger partial charge >= 0.3 is 0 Å². The van der Waals surface area contributed by atoms with E-state index in [0.29, 0.717) is 22.2 Å². The lowest BCUT2D eigenvalue weighted by molar-refractivity contribution is -0.121. The molecule has 0 bridgehead atoms. The van der Waals surface area contributed by atoms with Crippen LogP contribution >= 0.6 is 23.2 Å². The molecule has 0 aromatic heterocycles. The Bertz CT molecular complexity index is 633. The monoisotopic (exact) mass is 366 g/mol. The van der Waals surface area contributed by atoms with Crippen molar-refractivity contribution in [3.63, 3.8) is 0 Å². The van der Waals surface area contributed by atoms with E-state index < -0.39 is 10.0 Å². The number of benzene rings is 1. The summed E-state index contributed by atoms with van der Waals surface area (Å²) in [6.45, 7) is 3.89. The van der Waals surface area contributed by atoms with Crippen LogP contribution in [0.2, 0.25) is 10.0 Å². The molecule has 1 rings (SSSR count). The summed E-state index contributed by atoms with van der Waals surface area (Å²) in [6.07, 6.45) is 1.72. The lowest BCUT2D eigenvalue weighted by Gasteiger charge is -2.23. The average molecular weight is 367 g/mol. The third-order valence-corrected chi connectivity index (χ3v) is 4.53. The molecular formula is C14H20Cl2N2O3S. The third kappa shape index (κ3) is 6.02. The van der Waals surface area contributed by atoms with E-state index in [0.717, 1.165) is 6.26 Å². The number of halogens is 2. The lowest BCUT2D eigenvalue weighted by Crippen LogP contribution is -2.33. The van der Waals surface area contributed by atoms with Gasteiger partial charge in [0.1, 0.15) is 0 Å². The zero-order chi connectivity index (χ0) is 16.9. The van der Waals surface area contributed by atoms with Gasteiger partial charge in [-0.3, -0.25) is 9.10 Å². The maximum atomic E-state index is 12.0. The van der Waals surface area contributed by atoms with Crippen LogP contribution in [-0.4, -0.2) is 33.2 Å². The fourth-order valence-electron chi connectivity index (χ4n) is 1.92. The average Bonchev–Trinajstić information content (AvgIpc) is 2.35. The van der Waals surface area contributed by atoms with Gasteiger partial charge in [0.15, 0.2) is 0 Å². The largest absolute Gasteiger partial charge is 0.354 e.